The van der Waals surface area contributed by atoms with Crippen LogP contribution in [0.25, 0.3) is 0 Å². The highest BCUT2D eigenvalue weighted by molar-refractivity contribution is 5.79. The molecule has 1 saturated heterocycles. The Kier molecular flexibility index (Phi) is 10.5. The highest BCUT2D eigenvalue weighted by Gasteiger charge is 2.18. The van der Waals surface area contributed by atoms with Crippen LogP contribution in [0.3, 0.4) is 0 Å². The van der Waals surface area contributed by atoms with Gasteiger partial charge in [-0.3, -0.25) is 14.7 Å². The van der Waals surface area contributed by atoms with E-state index in [1.165, 1.54) is 32.1 Å². The van der Waals surface area contributed by atoms with Crippen molar-refractivity contribution >= 4 is 11.9 Å². The molecule has 0 aromatic heterocycles. The molecule has 1 aliphatic carbocycles. The van der Waals surface area contributed by atoms with Crippen LogP contribution < -0.4 is 10.6 Å². The van der Waals surface area contributed by atoms with E-state index in [0.717, 1.165) is 71.3 Å². The lowest BCUT2D eigenvalue weighted by Gasteiger charge is -2.34. The first-order valence-corrected chi connectivity index (χ1v) is 10.8. The number of carbonyl (C=O) groups excluding carboxylic acids is 1. The number of nitrogens with one attached hydrogen (secondary N) is 2. The normalized spacial score (nSPS) is 19.9. The van der Waals surface area contributed by atoms with E-state index in [1.807, 2.05) is 4.90 Å². The predicted molar refractivity (Wildman–Crippen MR) is 110 cm³/mol. The summed E-state index contributed by atoms with van der Waals surface area (Å²) in [6.45, 7) is 11.6. The summed E-state index contributed by atoms with van der Waals surface area (Å²) in [7, 11) is 0. The molecule has 2 fully saturated rings. The third kappa shape index (κ3) is 8.93. The van der Waals surface area contributed by atoms with Crippen LogP contribution >= 0.6 is 0 Å². The van der Waals surface area contributed by atoms with Gasteiger partial charge < -0.3 is 20.3 Å². The fourth-order valence-electron chi connectivity index (χ4n) is 3.70. The highest BCUT2D eigenvalue weighted by atomic mass is 16.5. The lowest BCUT2D eigenvalue weighted by Crippen LogP contribution is -2.50. The zero-order valence-electron chi connectivity index (χ0n) is 17.3. The van der Waals surface area contributed by atoms with Gasteiger partial charge in [-0.2, -0.15) is 0 Å². The lowest BCUT2D eigenvalue weighted by molar-refractivity contribution is -0.130. The SMILES string of the molecule is CCNC(=NCCCOC1CCCCC1)NCCN1CCN(C(C)=O)CC1. The van der Waals surface area contributed by atoms with E-state index in [1.54, 1.807) is 6.92 Å². The minimum atomic E-state index is 0.182. The van der Waals surface area contributed by atoms with E-state index >= 15 is 0 Å². The maximum atomic E-state index is 11.4. The summed E-state index contributed by atoms with van der Waals surface area (Å²) in [5, 5.41) is 6.73. The fourth-order valence-corrected chi connectivity index (χ4v) is 3.70. The second-order valence-corrected chi connectivity index (χ2v) is 7.52. The number of ether oxygens (including phenoxy) is 1. The number of rotatable bonds is 9. The van der Waals surface area contributed by atoms with Crippen molar-refractivity contribution in [3.63, 3.8) is 0 Å². The molecule has 27 heavy (non-hydrogen) atoms. The standard InChI is InChI=1S/C20H39N5O2/c1-3-21-20(22-10-7-17-27-19-8-5-4-6-9-19)23-11-12-24-13-15-25(16-14-24)18(2)26/h19H,3-17H2,1-2H3,(H2,21,22,23). The number of carbonyl (C=O) groups is 1. The molecule has 0 bridgehead atoms. The molecule has 156 valence electrons. The van der Waals surface area contributed by atoms with Gasteiger partial charge in [0.2, 0.25) is 5.91 Å². The van der Waals surface area contributed by atoms with Crippen LogP contribution in [-0.2, 0) is 9.53 Å². The Hall–Kier alpha value is -1.34. The number of nitrogens with zero attached hydrogens (tertiary/aromatic N) is 3. The summed E-state index contributed by atoms with van der Waals surface area (Å²) >= 11 is 0. The van der Waals surface area contributed by atoms with Crippen molar-refractivity contribution in [3.8, 4) is 0 Å². The minimum absolute atomic E-state index is 0.182. The van der Waals surface area contributed by atoms with Crippen molar-refractivity contribution in [2.45, 2.75) is 58.5 Å². The molecular weight excluding hydrogens is 342 g/mol. The monoisotopic (exact) mass is 381 g/mol. The smallest absolute Gasteiger partial charge is 0.219 e. The van der Waals surface area contributed by atoms with E-state index in [0.29, 0.717) is 6.10 Å². The predicted octanol–water partition coefficient (Wildman–Crippen LogP) is 1.45. The van der Waals surface area contributed by atoms with Crippen LogP contribution in [0.2, 0.25) is 0 Å². The number of aliphatic imine (C=N–C) groups is 1. The van der Waals surface area contributed by atoms with Crippen molar-refractivity contribution in [1.29, 1.82) is 0 Å². The maximum absolute atomic E-state index is 11.4. The van der Waals surface area contributed by atoms with Crippen molar-refractivity contribution in [2.75, 3.05) is 59.0 Å². The van der Waals surface area contributed by atoms with Gasteiger partial charge in [0.1, 0.15) is 0 Å². The Morgan fingerprint density at radius 1 is 1.11 bits per heavy atom. The summed E-state index contributed by atoms with van der Waals surface area (Å²) in [5.74, 6) is 1.07. The van der Waals surface area contributed by atoms with E-state index in [9.17, 15) is 4.79 Å². The number of guanidine groups is 1. The van der Waals surface area contributed by atoms with Gasteiger partial charge in [0.15, 0.2) is 5.96 Å². The molecule has 7 heteroatoms. The first-order valence-electron chi connectivity index (χ1n) is 10.8. The van der Waals surface area contributed by atoms with Gasteiger partial charge in [-0.05, 0) is 26.2 Å². The second-order valence-electron chi connectivity index (χ2n) is 7.52. The first kappa shape index (κ1) is 22.0. The first-order chi connectivity index (χ1) is 13.2. The van der Waals surface area contributed by atoms with Crippen LogP contribution in [0.1, 0.15) is 52.4 Å². The molecule has 0 aromatic carbocycles. The molecule has 1 aliphatic heterocycles. The second kappa shape index (κ2) is 12.9. The summed E-state index contributed by atoms with van der Waals surface area (Å²) in [4.78, 5) is 20.4. The highest BCUT2D eigenvalue weighted by Crippen LogP contribution is 2.20. The summed E-state index contributed by atoms with van der Waals surface area (Å²) in [5.41, 5.74) is 0. The van der Waals surface area contributed by atoms with Gasteiger partial charge in [0.05, 0.1) is 6.10 Å². The van der Waals surface area contributed by atoms with Gasteiger partial charge >= 0.3 is 0 Å². The Morgan fingerprint density at radius 3 is 2.52 bits per heavy atom. The van der Waals surface area contributed by atoms with Gasteiger partial charge in [0.25, 0.3) is 0 Å². The Balaban J connectivity index is 1.57. The molecule has 0 unspecified atom stereocenters. The molecule has 2 N–H and O–H groups in total. The molecule has 0 radical (unpaired) electrons. The Bertz CT molecular complexity index is 444. The van der Waals surface area contributed by atoms with E-state index in [-0.39, 0.29) is 5.91 Å². The van der Waals surface area contributed by atoms with E-state index in [4.69, 9.17) is 4.74 Å². The van der Waals surface area contributed by atoms with Crippen molar-refractivity contribution < 1.29 is 9.53 Å². The zero-order valence-corrected chi connectivity index (χ0v) is 17.3. The number of amides is 1. The maximum Gasteiger partial charge on any atom is 0.219 e. The number of hydrogen-bond donors (Lipinski definition) is 2. The molecule has 0 atom stereocenters. The van der Waals surface area contributed by atoms with Crippen molar-refractivity contribution in [2.24, 2.45) is 4.99 Å². The van der Waals surface area contributed by atoms with Gasteiger partial charge in [-0.15, -0.1) is 0 Å². The largest absolute Gasteiger partial charge is 0.378 e. The van der Waals surface area contributed by atoms with E-state index in [2.05, 4.69) is 27.4 Å². The van der Waals surface area contributed by atoms with Gasteiger partial charge in [-0.25, -0.2) is 0 Å². The average Bonchev–Trinajstić information content (AvgIpc) is 2.69. The number of hydrogen-bond acceptors (Lipinski definition) is 4. The van der Waals surface area contributed by atoms with Crippen LogP contribution in [-0.4, -0.2) is 86.7 Å². The van der Waals surface area contributed by atoms with Crippen LogP contribution in [0, 0.1) is 0 Å². The molecule has 1 heterocycles. The summed E-state index contributed by atoms with van der Waals surface area (Å²) < 4.78 is 5.97. The lowest BCUT2D eigenvalue weighted by atomic mass is 9.98. The molecule has 0 aromatic rings. The molecule has 2 rings (SSSR count). The molecule has 7 nitrogen and oxygen atoms in total. The summed E-state index contributed by atoms with van der Waals surface area (Å²) in [6, 6.07) is 0. The molecular formula is C20H39N5O2. The van der Waals surface area contributed by atoms with Crippen LogP contribution in [0.15, 0.2) is 4.99 Å². The van der Waals surface area contributed by atoms with Crippen molar-refractivity contribution in [3.05, 3.63) is 0 Å². The van der Waals surface area contributed by atoms with Gasteiger partial charge in [-0.1, -0.05) is 19.3 Å². The Labute approximate surface area is 164 Å². The van der Waals surface area contributed by atoms with E-state index < -0.39 is 0 Å². The molecule has 1 amide bonds. The topological polar surface area (TPSA) is 69.2 Å². The third-order valence-corrected chi connectivity index (χ3v) is 5.36. The molecule has 2 aliphatic rings. The van der Waals surface area contributed by atoms with Crippen molar-refractivity contribution in [1.82, 2.24) is 20.4 Å². The molecule has 1 saturated carbocycles. The number of piperazine rings is 1. The molecule has 0 spiro atoms. The van der Waals surface area contributed by atoms with Crippen LogP contribution in [0.4, 0.5) is 0 Å². The average molecular weight is 382 g/mol. The summed E-state index contributed by atoms with van der Waals surface area (Å²) in [6.07, 6.45) is 7.93. The fraction of sp³-hybridized carbons (Fsp3) is 0.900. The zero-order chi connectivity index (χ0) is 19.3. The minimum Gasteiger partial charge on any atom is -0.378 e. The third-order valence-electron chi connectivity index (χ3n) is 5.36. The van der Waals surface area contributed by atoms with Crippen LogP contribution in [0.5, 0.6) is 0 Å². The quantitative estimate of drug-likeness (QED) is 0.359. The van der Waals surface area contributed by atoms with Gasteiger partial charge in [0, 0.05) is 65.9 Å². The Morgan fingerprint density at radius 2 is 1.85 bits per heavy atom.